The second-order valence-electron chi connectivity index (χ2n) is 3.03. The van der Waals surface area contributed by atoms with E-state index in [1.54, 1.807) is 0 Å². The third-order valence-electron chi connectivity index (χ3n) is 1.83. The molecule has 1 aromatic carbocycles. The second kappa shape index (κ2) is 4.42. The zero-order valence-corrected chi connectivity index (χ0v) is 9.22. The lowest BCUT2D eigenvalue weighted by molar-refractivity contribution is 0.599. The van der Waals surface area contributed by atoms with Gasteiger partial charge in [-0.3, -0.25) is 0 Å². The van der Waals surface area contributed by atoms with E-state index in [4.69, 9.17) is 0 Å². The minimum atomic E-state index is -3.81. The smallest absolute Gasteiger partial charge is 0.246 e. The van der Waals surface area contributed by atoms with Crippen LogP contribution in [0.15, 0.2) is 41.6 Å². The summed E-state index contributed by atoms with van der Waals surface area (Å²) in [6.45, 7) is 0. The minimum Gasteiger partial charge on any atom is -0.246 e. The van der Waals surface area contributed by atoms with Crippen LogP contribution in [0.4, 0.5) is 10.3 Å². The molecule has 1 N–H and O–H groups in total. The molecule has 1 heterocycles. The molecular formula is C9H7FN4O2S. The first-order valence-corrected chi connectivity index (χ1v) is 5.98. The topological polar surface area (TPSA) is 84.8 Å². The maximum absolute atomic E-state index is 12.7. The number of nitrogens with zero attached hydrogens (tertiary/aromatic N) is 3. The predicted octanol–water partition coefficient (Wildman–Crippen LogP) is 0.811. The highest BCUT2D eigenvalue weighted by atomic mass is 32.2. The summed E-state index contributed by atoms with van der Waals surface area (Å²) in [6.07, 6.45) is 2.62. The molecule has 0 fully saturated rings. The molecule has 8 heteroatoms. The van der Waals surface area contributed by atoms with Crippen LogP contribution in [0.3, 0.4) is 0 Å². The van der Waals surface area contributed by atoms with Crippen molar-refractivity contribution in [2.45, 2.75) is 4.90 Å². The second-order valence-corrected chi connectivity index (χ2v) is 4.71. The summed E-state index contributed by atoms with van der Waals surface area (Å²) in [5.41, 5.74) is 0. The van der Waals surface area contributed by atoms with Crippen LogP contribution in [0.2, 0.25) is 0 Å². The van der Waals surface area contributed by atoms with E-state index in [0.717, 1.165) is 24.3 Å². The van der Waals surface area contributed by atoms with E-state index >= 15 is 0 Å². The molecule has 0 amide bonds. The van der Waals surface area contributed by atoms with Gasteiger partial charge in [-0.2, -0.15) is 5.10 Å². The molecule has 17 heavy (non-hydrogen) atoms. The summed E-state index contributed by atoms with van der Waals surface area (Å²) in [5.74, 6) is -0.654. The number of hydrogen-bond donors (Lipinski definition) is 1. The molecule has 1 aromatic heterocycles. The first-order valence-electron chi connectivity index (χ1n) is 4.50. The van der Waals surface area contributed by atoms with E-state index in [1.165, 1.54) is 12.4 Å². The van der Waals surface area contributed by atoms with Crippen molar-refractivity contribution < 1.29 is 12.8 Å². The Kier molecular flexibility index (Phi) is 2.96. The Hall–Kier alpha value is -2.09. The van der Waals surface area contributed by atoms with Crippen LogP contribution in [0.25, 0.3) is 0 Å². The van der Waals surface area contributed by atoms with Gasteiger partial charge in [-0.1, -0.05) is 0 Å². The quantitative estimate of drug-likeness (QED) is 0.876. The number of rotatable bonds is 3. The van der Waals surface area contributed by atoms with Crippen molar-refractivity contribution in [3.05, 3.63) is 42.5 Å². The third-order valence-corrected chi connectivity index (χ3v) is 3.18. The van der Waals surface area contributed by atoms with Gasteiger partial charge in [-0.05, 0) is 24.3 Å². The van der Waals surface area contributed by atoms with Gasteiger partial charge >= 0.3 is 0 Å². The largest absolute Gasteiger partial charge is 0.264 e. The van der Waals surface area contributed by atoms with Gasteiger partial charge < -0.3 is 0 Å². The number of nitrogens with one attached hydrogen (secondary N) is 1. The predicted molar refractivity (Wildman–Crippen MR) is 57.0 cm³/mol. The highest BCUT2D eigenvalue weighted by Crippen LogP contribution is 2.12. The van der Waals surface area contributed by atoms with Crippen molar-refractivity contribution in [2.24, 2.45) is 0 Å². The molecule has 0 atom stereocenters. The van der Waals surface area contributed by atoms with E-state index in [2.05, 4.69) is 19.9 Å². The maximum Gasteiger partial charge on any atom is 0.264 e. The summed E-state index contributed by atoms with van der Waals surface area (Å²) < 4.78 is 38.3. The Morgan fingerprint density at radius 1 is 1.12 bits per heavy atom. The molecular weight excluding hydrogens is 247 g/mol. The fraction of sp³-hybridized carbons (Fsp3) is 0. The Labute approximate surface area is 96.6 Å². The molecule has 88 valence electrons. The molecule has 0 saturated heterocycles. The van der Waals surface area contributed by atoms with Crippen LogP contribution < -0.4 is 4.72 Å². The van der Waals surface area contributed by atoms with E-state index in [1.807, 2.05) is 0 Å². The van der Waals surface area contributed by atoms with Gasteiger partial charge in [0.05, 0.1) is 17.3 Å². The van der Waals surface area contributed by atoms with Crippen molar-refractivity contribution >= 4 is 16.0 Å². The SMILES string of the molecule is O=S(=O)(Nc1nccnn1)c1ccc(F)cc1. The molecule has 0 aliphatic heterocycles. The molecule has 0 aliphatic rings. The van der Waals surface area contributed by atoms with Crippen molar-refractivity contribution in [1.82, 2.24) is 15.2 Å². The molecule has 6 nitrogen and oxygen atoms in total. The standard InChI is InChI=1S/C9H7FN4O2S/c10-7-1-3-8(4-2-7)17(15,16)14-9-11-5-6-12-13-9/h1-6H,(H,11,13,14). The fourth-order valence-electron chi connectivity index (χ4n) is 1.09. The van der Waals surface area contributed by atoms with Crippen LogP contribution >= 0.6 is 0 Å². The van der Waals surface area contributed by atoms with Gasteiger partial charge in [-0.15, -0.1) is 5.10 Å². The molecule has 0 unspecified atom stereocenters. The average molecular weight is 254 g/mol. The zero-order chi connectivity index (χ0) is 12.3. The van der Waals surface area contributed by atoms with Gasteiger partial charge in [0.1, 0.15) is 5.82 Å². The monoisotopic (exact) mass is 254 g/mol. The first-order chi connectivity index (χ1) is 8.08. The molecule has 0 aliphatic carbocycles. The molecule has 0 bridgehead atoms. The third kappa shape index (κ3) is 2.72. The van der Waals surface area contributed by atoms with Crippen molar-refractivity contribution in [1.29, 1.82) is 0 Å². The van der Waals surface area contributed by atoms with Gasteiger partial charge in [-0.25, -0.2) is 22.5 Å². The number of benzene rings is 1. The first kappa shape index (κ1) is 11.4. The fourth-order valence-corrected chi connectivity index (χ4v) is 2.03. The van der Waals surface area contributed by atoms with Gasteiger partial charge in [0.25, 0.3) is 16.0 Å². The minimum absolute atomic E-state index is 0.0775. The number of anilines is 1. The van der Waals surface area contributed by atoms with Crippen LogP contribution in [0.1, 0.15) is 0 Å². The average Bonchev–Trinajstić information content (AvgIpc) is 2.30. The van der Waals surface area contributed by atoms with Gasteiger partial charge in [0.15, 0.2) is 0 Å². The molecule has 0 spiro atoms. The summed E-state index contributed by atoms with van der Waals surface area (Å²) in [5, 5.41) is 6.96. The number of halogens is 1. The molecule has 2 aromatic rings. The Bertz CT molecular complexity index is 601. The zero-order valence-electron chi connectivity index (χ0n) is 8.41. The Balaban J connectivity index is 2.29. The molecule has 0 saturated carbocycles. The lowest BCUT2D eigenvalue weighted by Gasteiger charge is -2.04. The van der Waals surface area contributed by atoms with Crippen LogP contribution in [-0.4, -0.2) is 23.6 Å². The summed E-state index contributed by atoms with van der Waals surface area (Å²) >= 11 is 0. The van der Waals surface area contributed by atoms with E-state index in [-0.39, 0.29) is 10.8 Å². The summed E-state index contributed by atoms with van der Waals surface area (Å²) in [7, 11) is -3.81. The maximum atomic E-state index is 12.7. The van der Waals surface area contributed by atoms with Crippen LogP contribution in [0.5, 0.6) is 0 Å². The Morgan fingerprint density at radius 3 is 2.41 bits per heavy atom. The normalized spacial score (nSPS) is 11.1. The summed E-state index contributed by atoms with van der Waals surface area (Å²) in [4.78, 5) is 3.59. The van der Waals surface area contributed by atoms with E-state index < -0.39 is 15.8 Å². The molecule has 2 rings (SSSR count). The number of sulfonamides is 1. The summed E-state index contributed by atoms with van der Waals surface area (Å²) in [6, 6.07) is 4.40. The van der Waals surface area contributed by atoms with E-state index in [0.29, 0.717) is 0 Å². The van der Waals surface area contributed by atoms with Crippen molar-refractivity contribution in [3.63, 3.8) is 0 Å². The number of aromatic nitrogens is 3. The molecule has 0 radical (unpaired) electrons. The lowest BCUT2D eigenvalue weighted by atomic mass is 10.4. The van der Waals surface area contributed by atoms with Gasteiger partial charge in [0, 0.05) is 0 Å². The Morgan fingerprint density at radius 2 is 1.82 bits per heavy atom. The van der Waals surface area contributed by atoms with Crippen molar-refractivity contribution in [3.8, 4) is 0 Å². The van der Waals surface area contributed by atoms with E-state index in [9.17, 15) is 12.8 Å². The van der Waals surface area contributed by atoms with Crippen LogP contribution in [0, 0.1) is 5.82 Å². The lowest BCUT2D eigenvalue weighted by Crippen LogP contribution is -2.15. The van der Waals surface area contributed by atoms with Crippen molar-refractivity contribution in [2.75, 3.05) is 4.72 Å². The number of hydrogen-bond acceptors (Lipinski definition) is 5. The highest BCUT2D eigenvalue weighted by Gasteiger charge is 2.15. The highest BCUT2D eigenvalue weighted by molar-refractivity contribution is 7.92. The van der Waals surface area contributed by atoms with Gasteiger partial charge in [0.2, 0.25) is 0 Å². The van der Waals surface area contributed by atoms with Crippen LogP contribution in [-0.2, 0) is 10.0 Å².